The van der Waals surface area contributed by atoms with E-state index in [9.17, 15) is 0 Å². The van der Waals surface area contributed by atoms with Crippen LogP contribution in [-0.2, 0) is 9.47 Å². The molecule has 14 heavy (non-hydrogen) atoms. The van der Waals surface area contributed by atoms with Gasteiger partial charge < -0.3 is 9.47 Å². The second-order valence-electron chi connectivity index (χ2n) is 4.47. The van der Waals surface area contributed by atoms with E-state index in [1.807, 2.05) is 0 Å². The minimum atomic E-state index is -0.168. The van der Waals surface area contributed by atoms with Crippen LogP contribution >= 0.6 is 0 Å². The third-order valence-electron chi connectivity index (χ3n) is 2.83. The fourth-order valence-corrected chi connectivity index (χ4v) is 2.05. The van der Waals surface area contributed by atoms with Gasteiger partial charge in [-0.1, -0.05) is 20.3 Å². The van der Waals surface area contributed by atoms with E-state index < -0.39 is 0 Å². The Morgan fingerprint density at radius 1 is 1.00 bits per heavy atom. The first-order chi connectivity index (χ1) is 6.63. The molecule has 2 atom stereocenters. The third kappa shape index (κ3) is 2.71. The summed E-state index contributed by atoms with van der Waals surface area (Å²) >= 11 is 0. The fourth-order valence-electron chi connectivity index (χ4n) is 2.05. The minimum Gasteiger partial charge on any atom is -0.344 e. The van der Waals surface area contributed by atoms with Crippen molar-refractivity contribution in [3.8, 4) is 0 Å². The summed E-state index contributed by atoms with van der Waals surface area (Å²) in [6.45, 7) is 8.44. The van der Waals surface area contributed by atoms with Crippen LogP contribution in [0.15, 0.2) is 0 Å². The lowest BCUT2D eigenvalue weighted by atomic mass is 10.2. The van der Waals surface area contributed by atoms with Crippen molar-refractivity contribution in [2.24, 2.45) is 0 Å². The van der Waals surface area contributed by atoms with Crippen LogP contribution in [-0.4, -0.2) is 18.0 Å². The Bertz CT molecular complexity index is 150. The molecule has 2 rings (SSSR count). The topological polar surface area (TPSA) is 18.5 Å². The summed E-state index contributed by atoms with van der Waals surface area (Å²) in [6.07, 6.45) is 6.54. The van der Waals surface area contributed by atoms with Crippen molar-refractivity contribution in [2.75, 3.05) is 0 Å². The summed E-state index contributed by atoms with van der Waals surface area (Å²) in [7, 11) is 0. The van der Waals surface area contributed by atoms with Gasteiger partial charge in [0.1, 0.15) is 0 Å². The molecule has 2 heteroatoms. The molecule has 2 fully saturated rings. The van der Waals surface area contributed by atoms with Crippen molar-refractivity contribution in [1.82, 2.24) is 0 Å². The minimum absolute atomic E-state index is 0.168. The Labute approximate surface area is 88.0 Å². The zero-order valence-electron chi connectivity index (χ0n) is 10.0. The molecular weight excluding hydrogens is 176 g/mol. The number of hydrogen-bond donors (Lipinski definition) is 0. The van der Waals surface area contributed by atoms with E-state index in [1.165, 1.54) is 19.3 Å². The summed E-state index contributed by atoms with van der Waals surface area (Å²) in [6, 6.07) is 0. The standard InChI is InChI=1S/C9H16O2.C3H8/c1-7-8(2)11-9(10-7)5-3-4-6-9;1-3-2/h7-8H,3-6H2,1-2H3;3H2,1-2H3/t7-,8?;/m1./s1. The molecule has 1 saturated heterocycles. The van der Waals surface area contributed by atoms with Gasteiger partial charge in [0.05, 0.1) is 12.2 Å². The van der Waals surface area contributed by atoms with Gasteiger partial charge in [-0.3, -0.25) is 0 Å². The van der Waals surface area contributed by atoms with Gasteiger partial charge in [0.25, 0.3) is 0 Å². The Morgan fingerprint density at radius 3 is 1.71 bits per heavy atom. The normalized spacial score (nSPS) is 34.3. The van der Waals surface area contributed by atoms with Crippen LogP contribution < -0.4 is 0 Å². The lowest BCUT2D eigenvalue weighted by molar-refractivity contribution is -0.166. The van der Waals surface area contributed by atoms with Crippen LogP contribution in [0, 0.1) is 0 Å². The Morgan fingerprint density at radius 2 is 1.36 bits per heavy atom. The molecule has 2 nitrogen and oxygen atoms in total. The fraction of sp³-hybridized carbons (Fsp3) is 1.00. The number of hydrogen-bond acceptors (Lipinski definition) is 2. The van der Waals surface area contributed by atoms with Crippen molar-refractivity contribution in [3.05, 3.63) is 0 Å². The van der Waals surface area contributed by atoms with Crippen molar-refractivity contribution in [1.29, 1.82) is 0 Å². The van der Waals surface area contributed by atoms with E-state index in [1.54, 1.807) is 0 Å². The molecule has 1 spiro atoms. The molecule has 1 aliphatic carbocycles. The van der Waals surface area contributed by atoms with E-state index in [0.29, 0.717) is 0 Å². The highest BCUT2D eigenvalue weighted by atomic mass is 16.8. The molecule has 1 saturated carbocycles. The van der Waals surface area contributed by atoms with E-state index in [-0.39, 0.29) is 18.0 Å². The summed E-state index contributed by atoms with van der Waals surface area (Å²) in [5.74, 6) is -0.168. The van der Waals surface area contributed by atoms with Crippen molar-refractivity contribution >= 4 is 0 Å². The van der Waals surface area contributed by atoms with Crippen LogP contribution in [0.2, 0.25) is 0 Å². The van der Waals surface area contributed by atoms with E-state index in [2.05, 4.69) is 27.7 Å². The molecule has 1 aliphatic heterocycles. The van der Waals surface area contributed by atoms with Crippen LogP contribution in [0.25, 0.3) is 0 Å². The van der Waals surface area contributed by atoms with Crippen LogP contribution in [0.4, 0.5) is 0 Å². The maximum Gasteiger partial charge on any atom is 0.169 e. The van der Waals surface area contributed by atoms with Crippen LogP contribution in [0.1, 0.15) is 59.8 Å². The highest BCUT2D eigenvalue weighted by Gasteiger charge is 2.45. The van der Waals surface area contributed by atoms with Crippen molar-refractivity contribution < 1.29 is 9.47 Å². The zero-order valence-corrected chi connectivity index (χ0v) is 10.0. The van der Waals surface area contributed by atoms with E-state index in [4.69, 9.17) is 9.47 Å². The van der Waals surface area contributed by atoms with E-state index in [0.717, 1.165) is 12.8 Å². The Hall–Kier alpha value is -0.0800. The molecule has 1 heterocycles. The molecule has 0 amide bonds. The molecule has 0 aromatic carbocycles. The number of ether oxygens (including phenoxy) is 2. The predicted octanol–water partition coefficient (Wildman–Crippen LogP) is 3.50. The molecule has 0 bridgehead atoms. The molecule has 0 N–H and O–H groups in total. The van der Waals surface area contributed by atoms with Crippen LogP contribution in [0.5, 0.6) is 0 Å². The smallest absolute Gasteiger partial charge is 0.169 e. The Balaban J connectivity index is 0.000000293. The van der Waals surface area contributed by atoms with Crippen molar-refractivity contribution in [3.63, 3.8) is 0 Å². The van der Waals surface area contributed by atoms with E-state index >= 15 is 0 Å². The first-order valence-corrected chi connectivity index (χ1v) is 5.99. The predicted molar refractivity (Wildman–Crippen MR) is 58.3 cm³/mol. The average molecular weight is 200 g/mol. The molecule has 1 unspecified atom stereocenters. The van der Waals surface area contributed by atoms with Crippen molar-refractivity contribution in [2.45, 2.75) is 77.8 Å². The third-order valence-corrected chi connectivity index (χ3v) is 2.83. The highest BCUT2D eigenvalue weighted by Crippen LogP contribution is 2.41. The van der Waals surface area contributed by atoms with Gasteiger partial charge >= 0.3 is 0 Å². The maximum absolute atomic E-state index is 5.80. The molecule has 0 aromatic rings. The highest BCUT2D eigenvalue weighted by molar-refractivity contribution is 4.85. The SMILES string of the molecule is CC1OC2(CCCC2)O[C@@H]1C.CCC. The molecule has 0 radical (unpaired) electrons. The molecular formula is C12H24O2. The lowest BCUT2D eigenvalue weighted by Gasteiger charge is -2.21. The van der Waals surface area contributed by atoms with Gasteiger partial charge in [-0.15, -0.1) is 0 Å². The maximum atomic E-state index is 5.80. The molecule has 0 aromatic heterocycles. The van der Waals surface area contributed by atoms with Gasteiger partial charge in [-0.25, -0.2) is 0 Å². The number of rotatable bonds is 0. The zero-order chi connectivity index (χ0) is 10.6. The lowest BCUT2D eigenvalue weighted by Crippen LogP contribution is -2.26. The first kappa shape index (κ1) is 12.0. The molecule has 2 aliphatic rings. The van der Waals surface area contributed by atoms with Gasteiger partial charge in [-0.2, -0.15) is 0 Å². The molecule has 84 valence electrons. The summed E-state index contributed by atoms with van der Waals surface area (Å²) in [5, 5.41) is 0. The first-order valence-electron chi connectivity index (χ1n) is 5.99. The second-order valence-corrected chi connectivity index (χ2v) is 4.47. The van der Waals surface area contributed by atoms with Gasteiger partial charge in [0.15, 0.2) is 5.79 Å². The second kappa shape index (κ2) is 5.13. The monoisotopic (exact) mass is 200 g/mol. The van der Waals surface area contributed by atoms with Gasteiger partial charge in [-0.05, 0) is 26.7 Å². The van der Waals surface area contributed by atoms with Gasteiger partial charge in [0, 0.05) is 12.8 Å². The van der Waals surface area contributed by atoms with Gasteiger partial charge in [0.2, 0.25) is 0 Å². The Kier molecular flexibility index (Phi) is 4.39. The summed E-state index contributed by atoms with van der Waals surface area (Å²) < 4.78 is 11.6. The largest absolute Gasteiger partial charge is 0.344 e. The summed E-state index contributed by atoms with van der Waals surface area (Å²) in [5.41, 5.74) is 0. The van der Waals surface area contributed by atoms with Crippen LogP contribution in [0.3, 0.4) is 0 Å². The quantitative estimate of drug-likeness (QED) is 0.596. The summed E-state index contributed by atoms with van der Waals surface area (Å²) in [4.78, 5) is 0. The average Bonchev–Trinajstić information content (AvgIpc) is 2.64.